The standard InChI is InChI=1S/C13H23NO2/c15-10-12-7-13(8-12,16-11-12)9-14-5-3-1-2-4-6-14/h15H,1-11H2. The van der Waals surface area contributed by atoms with E-state index in [-0.39, 0.29) is 11.0 Å². The van der Waals surface area contributed by atoms with Gasteiger partial charge in [0.15, 0.2) is 0 Å². The lowest BCUT2D eigenvalue weighted by Crippen LogP contribution is -2.53. The topological polar surface area (TPSA) is 32.7 Å². The van der Waals surface area contributed by atoms with E-state index in [1.807, 2.05) is 0 Å². The molecule has 4 rings (SSSR count). The number of ether oxygens (including phenoxy) is 1. The quantitative estimate of drug-likeness (QED) is 0.788. The minimum atomic E-state index is 0.118. The molecule has 1 N–H and O–H groups in total. The van der Waals surface area contributed by atoms with Gasteiger partial charge in [-0.1, -0.05) is 12.8 Å². The Morgan fingerprint density at radius 1 is 1.06 bits per heavy atom. The SMILES string of the molecule is OCC12COC(CN3CCCCCC3)(C1)C2. The highest BCUT2D eigenvalue weighted by molar-refractivity contribution is 5.12. The summed E-state index contributed by atoms with van der Waals surface area (Å²) in [7, 11) is 0. The maximum Gasteiger partial charge on any atom is 0.0823 e. The van der Waals surface area contributed by atoms with E-state index in [0.717, 1.165) is 26.0 Å². The molecule has 2 bridgehead atoms. The fourth-order valence-corrected chi connectivity index (χ4v) is 3.84. The van der Waals surface area contributed by atoms with E-state index in [4.69, 9.17) is 4.74 Å². The summed E-state index contributed by atoms with van der Waals surface area (Å²) in [5.74, 6) is 0. The second-order valence-electron chi connectivity index (χ2n) is 6.17. The molecule has 16 heavy (non-hydrogen) atoms. The van der Waals surface area contributed by atoms with Crippen molar-refractivity contribution in [2.24, 2.45) is 5.41 Å². The second-order valence-corrected chi connectivity index (χ2v) is 6.17. The molecule has 0 aromatic carbocycles. The van der Waals surface area contributed by atoms with Gasteiger partial charge in [-0.25, -0.2) is 0 Å². The number of nitrogens with zero attached hydrogens (tertiary/aromatic N) is 1. The molecule has 0 unspecified atom stereocenters. The lowest BCUT2D eigenvalue weighted by Gasteiger charge is -2.45. The number of likely N-dealkylation sites (tertiary alicyclic amines) is 1. The minimum absolute atomic E-state index is 0.118. The fourth-order valence-electron chi connectivity index (χ4n) is 3.84. The van der Waals surface area contributed by atoms with Crippen LogP contribution in [0.25, 0.3) is 0 Å². The van der Waals surface area contributed by atoms with Crippen LogP contribution in [0.3, 0.4) is 0 Å². The van der Waals surface area contributed by atoms with Crippen LogP contribution in [0.1, 0.15) is 38.5 Å². The van der Waals surface area contributed by atoms with Gasteiger partial charge >= 0.3 is 0 Å². The van der Waals surface area contributed by atoms with Crippen molar-refractivity contribution in [2.45, 2.75) is 44.1 Å². The summed E-state index contributed by atoms with van der Waals surface area (Å²) in [6.45, 7) is 4.70. The third kappa shape index (κ3) is 1.79. The molecule has 92 valence electrons. The predicted octanol–water partition coefficient (Wildman–Crippen LogP) is 1.40. The first-order valence-corrected chi connectivity index (χ1v) is 6.73. The molecule has 0 aromatic heterocycles. The van der Waals surface area contributed by atoms with Crippen LogP contribution in [0.15, 0.2) is 0 Å². The van der Waals surface area contributed by atoms with Crippen LogP contribution in [0.4, 0.5) is 0 Å². The lowest BCUT2D eigenvalue weighted by molar-refractivity contribution is -0.0518. The van der Waals surface area contributed by atoms with Crippen molar-refractivity contribution in [3.05, 3.63) is 0 Å². The minimum Gasteiger partial charge on any atom is -0.396 e. The molecular formula is C13H23NO2. The van der Waals surface area contributed by atoms with E-state index in [1.54, 1.807) is 0 Å². The molecule has 3 heteroatoms. The summed E-state index contributed by atoms with van der Waals surface area (Å²) < 4.78 is 5.95. The molecule has 0 spiro atoms. The molecule has 0 radical (unpaired) electrons. The average molecular weight is 225 g/mol. The van der Waals surface area contributed by atoms with Gasteiger partial charge in [0.05, 0.1) is 18.8 Å². The first-order chi connectivity index (χ1) is 7.76. The van der Waals surface area contributed by atoms with Crippen LogP contribution in [0, 0.1) is 5.41 Å². The van der Waals surface area contributed by atoms with Gasteiger partial charge in [0.2, 0.25) is 0 Å². The zero-order valence-corrected chi connectivity index (χ0v) is 10.1. The van der Waals surface area contributed by atoms with Crippen LogP contribution in [-0.4, -0.2) is 48.5 Å². The van der Waals surface area contributed by atoms with Crippen molar-refractivity contribution in [1.82, 2.24) is 4.90 Å². The van der Waals surface area contributed by atoms with Gasteiger partial charge in [0.25, 0.3) is 0 Å². The third-order valence-electron chi connectivity index (χ3n) is 4.62. The summed E-state index contributed by atoms with van der Waals surface area (Å²) in [4.78, 5) is 2.58. The van der Waals surface area contributed by atoms with E-state index in [9.17, 15) is 5.11 Å². The van der Waals surface area contributed by atoms with Crippen molar-refractivity contribution >= 4 is 0 Å². The van der Waals surface area contributed by atoms with Gasteiger partial charge in [-0.3, -0.25) is 0 Å². The molecule has 3 aliphatic heterocycles. The number of fused-ring (bicyclic) bond motifs is 1. The van der Waals surface area contributed by atoms with Gasteiger partial charge in [-0.05, 0) is 38.8 Å². The highest BCUT2D eigenvalue weighted by atomic mass is 16.5. The fraction of sp³-hybridized carbons (Fsp3) is 1.00. The van der Waals surface area contributed by atoms with E-state index < -0.39 is 0 Å². The highest BCUT2D eigenvalue weighted by Crippen LogP contribution is 2.57. The van der Waals surface area contributed by atoms with Crippen molar-refractivity contribution in [3.8, 4) is 0 Å². The second kappa shape index (κ2) is 3.97. The van der Waals surface area contributed by atoms with Crippen LogP contribution < -0.4 is 0 Å². The molecule has 1 aliphatic carbocycles. The third-order valence-corrected chi connectivity index (χ3v) is 4.62. The Labute approximate surface area is 97.8 Å². The van der Waals surface area contributed by atoms with Gasteiger partial charge in [0.1, 0.15) is 0 Å². The van der Waals surface area contributed by atoms with Gasteiger partial charge in [-0.2, -0.15) is 0 Å². The first-order valence-electron chi connectivity index (χ1n) is 6.73. The Hall–Kier alpha value is -0.120. The Balaban J connectivity index is 1.56. The Bertz CT molecular complexity index is 253. The molecule has 1 saturated carbocycles. The molecule has 4 aliphatic rings. The van der Waals surface area contributed by atoms with Crippen LogP contribution in [-0.2, 0) is 4.74 Å². The largest absolute Gasteiger partial charge is 0.396 e. The summed E-state index contributed by atoms with van der Waals surface area (Å²) in [6, 6.07) is 0. The zero-order valence-electron chi connectivity index (χ0n) is 10.1. The normalized spacial score (nSPS) is 44.1. The molecular weight excluding hydrogens is 202 g/mol. The van der Waals surface area contributed by atoms with Gasteiger partial charge in [0, 0.05) is 12.0 Å². The monoisotopic (exact) mass is 225 g/mol. The van der Waals surface area contributed by atoms with Crippen LogP contribution in [0.2, 0.25) is 0 Å². The summed E-state index contributed by atoms with van der Waals surface area (Å²) in [6.07, 6.45) is 7.66. The number of rotatable bonds is 3. The van der Waals surface area contributed by atoms with Gasteiger partial charge < -0.3 is 14.7 Å². The number of hydrogen-bond donors (Lipinski definition) is 1. The lowest BCUT2D eigenvalue weighted by atomic mass is 9.63. The molecule has 0 atom stereocenters. The highest BCUT2D eigenvalue weighted by Gasteiger charge is 2.62. The molecule has 4 fully saturated rings. The van der Waals surface area contributed by atoms with Crippen LogP contribution in [0.5, 0.6) is 0 Å². The molecule has 0 aromatic rings. The van der Waals surface area contributed by atoms with Gasteiger partial charge in [-0.15, -0.1) is 0 Å². The summed E-state index contributed by atoms with van der Waals surface area (Å²) >= 11 is 0. The summed E-state index contributed by atoms with van der Waals surface area (Å²) in [5.41, 5.74) is 0.263. The Kier molecular flexibility index (Phi) is 2.73. The van der Waals surface area contributed by atoms with Crippen molar-refractivity contribution < 1.29 is 9.84 Å². The van der Waals surface area contributed by atoms with Crippen LogP contribution >= 0.6 is 0 Å². The number of aliphatic hydroxyl groups is 1. The predicted molar refractivity (Wildman–Crippen MR) is 62.3 cm³/mol. The van der Waals surface area contributed by atoms with E-state index in [2.05, 4.69) is 4.90 Å². The van der Waals surface area contributed by atoms with E-state index in [0.29, 0.717) is 6.61 Å². The molecule has 3 heterocycles. The maximum absolute atomic E-state index is 9.33. The Morgan fingerprint density at radius 2 is 1.75 bits per heavy atom. The molecule has 3 nitrogen and oxygen atoms in total. The summed E-state index contributed by atoms with van der Waals surface area (Å²) in [5, 5.41) is 9.33. The van der Waals surface area contributed by atoms with E-state index >= 15 is 0 Å². The number of aliphatic hydroxyl groups excluding tert-OH is 1. The van der Waals surface area contributed by atoms with E-state index in [1.165, 1.54) is 38.8 Å². The zero-order chi connectivity index (χ0) is 11.1. The average Bonchev–Trinajstić information content (AvgIpc) is 2.65. The van der Waals surface area contributed by atoms with Crippen molar-refractivity contribution in [3.63, 3.8) is 0 Å². The molecule has 3 saturated heterocycles. The Morgan fingerprint density at radius 3 is 2.31 bits per heavy atom. The van der Waals surface area contributed by atoms with Crippen molar-refractivity contribution in [1.29, 1.82) is 0 Å². The maximum atomic E-state index is 9.33. The first kappa shape index (κ1) is 11.0. The molecule has 0 amide bonds. The van der Waals surface area contributed by atoms with Crippen molar-refractivity contribution in [2.75, 3.05) is 32.8 Å². The number of hydrogen-bond acceptors (Lipinski definition) is 3. The smallest absolute Gasteiger partial charge is 0.0823 e.